The van der Waals surface area contributed by atoms with E-state index in [0.29, 0.717) is 12.1 Å². The minimum Gasteiger partial charge on any atom is -0.480 e. The Bertz CT molecular complexity index is 491. The van der Waals surface area contributed by atoms with Gasteiger partial charge in [0, 0.05) is 6.54 Å². The molecule has 0 aliphatic carbocycles. The molecule has 0 saturated heterocycles. The molecule has 2 N–H and O–H groups in total. The monoisotopic (exact) mass is 315 g/mol. The second kappa shape index (κ2) is 5.92. The summed E-state index contributed by atoms with van der Waals surface area (Å²) in [5.41, 5.74) is -3.17. The van der Waals surface area contributed by atoms with Gasteiger partial charge in [0.25, 0.3) is 0 Å². The highest BCUT2D eigenvalue weighted by atomic mass is 19.4. The zero-order chi connectivity index (χ0) is 16.4. The highest BCUT2D eigenvalue weighted by Gasteiger charge is 2.36. The normalized spacial score (nSPS) is 14.0. The maximum atomic E-state index is 12.6. The molecule has 0 aromatic heterocycles. The Morgan fingerprint density at radius 3 is 1.86 bits per heavy atom. The highest BCUT2D eigenvalue weighted by Crippen LogP contribution is 2.36. The third kappa shape index (κ3) is 4.92. The maximum absolute atomic E-state index is 12.6. The van der Waals surface area contributed by atoms with Gasteiger partial charge in [-0.15, -0.1) is 0 Å². The summed E-state index contributed by atoms with van der Waals surface area (Å²) in [6.45, 7) is 0.793. The van der Waals surface area contributed by atoms with E-state index in [9.17, 15) is 31.1 Å². The van der Waals surface area contributed by atoms with Crippen molar-refractivity contribution < 1.29 is 36.2 Å². The summed E-state index contributed by atoms with van der Waals surface area (Å²) in [6.07, 6.45) is -9.84. The lowest BCUT2D eigenvalue weighted by molar-refractivity contribution is -0.143. The summed E-state index contributed by atoms with van der Waals surface area (Å²) in [5, 5.41) is 10.9. The second-order valence-electron chi connectivity index (χ2n) is 4.35. The van der Waals surface area contributed by atoms with Gasteiger partial charge in [-0.2, -0.15) is 26.3 Å². The van der Waals surface area contributed by atoms with Gasteiger partial charge in [0.2, 0.25) is 0 Å². The lowest BCUT2D eigenvalue weighted by Crippen LogP contribution is -2.33. The van der Waals surface area contributed by atoms with Gasteiger partial charge in [-0.05, 0) is 30.7 Å². The first-order chi connectivity index (χ1) is 9.41. The largest absolute Gasteiger partial charge is 0.480 e. The molecule has 0 aliphatic heterocycles. The Labute approximate surface area is 115 Å². The Kier molecular flexibility index (Phi) is 4.87. The van der Waals surface area contributed by atoms with Crippen molar-refractivity contribution in [1.82, 2.24) is 5.32 Å². The third-order valence-electron chi connectivity index (χ3n) is 2.63. The molecule has 0 saturated carbocycles. The zero-order valence-corrected chi connectivity index (χ0v) is 10.6. The third-order valence-corrected chi connectivity index (χ3v) is 2.63. The predicted molar refractivity (Wildman–Crippen MR) is 60.4 cm³/mol. The average molecular weight is 315 g/mol. The lowest BCUT2D eigenvalue weighted by Gasteiger charge is -2.15. The van der Waals surface area contributed by atoms with Gasteiger partial charge < -0.3 is 10.4 Å². The smallest absolute Gasteiger partial charge is 0.416 e. The van der Waals surface area contributed by atoms with Crippen LogP contribution in [0.15, 0.2) is 18.2 Å². The molecule has 1 rings (SSSR count). The summed E-state index contributed by atoms with van der Waals surface area (Å²) in [4.78, 5) is 10.6. The second-order valence-corrected chi connectivity index (χ2v) is 4.35. The van der Waals surface area contributed by atoms with E-state index in [2.05, 4.69) is 5.32 Å². The van der Waals surface area contributed by atoms with Crippen molar-refractivity contribution in [3.8, 4) is 0 Å². The number of carboxylic acids is 1. The van der Waals surface area contributed by atoms with Gasteiger partial charge in [-0.25, -0.2) is 0 Å². The van der Waals surface area contributed by atoms with Gasteiger partial charge >= 0.3 is 18.3 Å². The first-order valence-corrected chi connectivity index (χ1v) is 5.66. The molecule has 0 amide bonds. The highest BCUT2D eigenvalue weighted by molar-refractivity contribution is 5.72. The van der Waals surface area contributed by atoms with Crippen LogP contribution in [-0.4, -0.2) is 17.1 Å². The number of alkyl halides is 6. The number of benzene rings is 1. The predicted octanol–water partition coefficient (Wildman–Crippen LogP) is 3.29. The van der Waals surface area contributed by atoms with Gasteiger partial charge in [0.1, 0.15) is 6.04 Å². The minimum absolute atomic E-state index is 0.0180. The Morgan fingerprint density at radius 1 is 1.10 bits per heavy atom. The summed E-state index contributed by atoms with van der Waals surface area (Å²) >= 11 is 0. The summed E-state index contributed by atoms with van der Waals surface area (Å²) < 4.78 is 75.5. The molecule has 0 spiro atoms. The van der Waals surface area contributed by atoms with Crippen LogP contribution in [0.5, 0.6) is 0 Å². The molecule has 0 radical (unpaired) electrons. The molecule has 1 aromatic rings. The van der Waals surface area contributed by atoms with Crippen molar-refractivity contribution in [1.29, 1.82) is 0 Å². The van der Waals surface area contributed by atoms with E-state index < -0.39 is 42.0 Å². The van der Waals surface area contributed by atoms with E-state index in [1.807, 2.05) is 0 Å². The van der Waals surface area contributed by atoms with E-state index in [-0.39, 0.29) is 11.6 Å². The van der Waals surface area contributed by atoms with E-state index in [1.54, 1.807) is 0 Å². The lowest BCUT2D eigenvalue weighted by atomic mass is 10.0. The fraction of sp³-hybridized carbons (Fsp3) is 0.417. The van der Waals surface area contributed by atoms with Crippen molar-refractivity contribution in [2.24, 2.45) is 0 Å². The molecule has 118 valence electrons. The van der Waals surface area contributed by atoms with Crippen LogP contribution in [0.25, 0.3) is 0 Å². The van der Waals surface area contributed by atoms with Gasteiger partial charge in [0.15, 0.2) is 0 Å². The number of halogens is 6. The maximum Gasteiger partial charge on any atom is 0.416 e. The van der Waals surface area contributed by atoms with Crippen molar-refractivity contribution >= 4 is 5.97 Å². The molecular formula is C12H11F6NO2. The number of carbonyl (C=O) groups is 1. The zero-order valence-electron chi connectivity index (χ0n) is 10.6. The first-order valence-electron chi connectivity index (χ1n) is 5.66. The minimum atomic E-state index is -4.92. The van der Waals surface area contributed by atoms with Crippen LogP contribution in [-0.2, 0) is 23.7 Å². The SMILES string of the molecule is CC(NCc1cc(C(F)(F)F)cc(C(F)(F)F)c1)C(=O)O. The molecule has 0 fully saturated rings. The first kappa shape index (κ1) is 17.3. The number of aliphatic carboxylic acids is 1. The van der Waals surface area contributed by atoms with Crippen molar-refractivity contribution in [2.75, 3.05) is 0 Å². The number of hydrogen-bond acceptors (Lipinski definition) is 2. The molecule has 0 heterocycles. The van der Waals surface area contributed by atoms with E-state index in [4.69, 9.17) is 5.11 Å². The molecule has 1 unspecified atom stereocenters. The Morgan fingerprint density at radius 2 is 1.52 bits per heavy atom. The summed E-state index contributed by atoms with van der Waals surface area (Å²) in [5.74, 6) is -1.27. The molecular weight excluding hydrogens is 304 g/mol. The number of rotatable bonds is 4. The summed E-state index contributed by atoms with van der Waals surface area (Å²) in [7, 11) is 0. The van der Waals surface area contributed by atoms with Crippen LogP contribution in [0.3, 0.4) is 0 Å². The Hall–Kier alpha value is -1.77. The van der Waals surface area contributed by atoms with Crippen LogP contribution in [0, 0.1) is 0 Å². The molecule has 3 nitrogen and oxygen atoms in total. The average Bonchev–Trinajstić information content (AvgIpc) is 2.33. The van der Waals surface area contributed by atoms with Crippen molar-refractivity contribution in [3.05, 3.63) is 34.9 Å². The molecule has 1 aromatic carbocycles. The molecule has 21 heavy (non-hydrogen) atoms. The van der Waals surface area contributed by atoms with Crippen LogP contribution in [0.1, 0.15) is 23.6 Å². The van der Waals surface area contributed by atoms with E-state index >= 15 is 0 Å². The molecule has 9 heteroatoms. The van der Waals surface area contributed by atoms with E-state index in [0.717, 1.165) is 0 Å². The fourth-order valence-electron chi connectivity index (χ4n) is 1.48. The van der Waals surface area contributed by atoms with Crippen LogP contribution in [0.2, 0.25) is 0 Å². The van der Waals surface area contributed by atoms with Crippen molar-refractivity contribution in [3.63, 3.8) is 0 Å². The number of hydrogen-bond donors (Lipinski definition) is 2. The molecule has 0 aliphatic rings. The Balaban J connectivity index is 3.11. The van der Waals surface area contributed by atoms with Gasteiger partial charge in [-0.1, -0.05) is 0 Å². The number of nitrogens with one attached hydrogen (secondary N) is 1. The fourth-order valence-corrected chi connectivity index (χ4v) is 1.48. The van der Waals surface area contributed by atoms with Gasteiger partial charge in [0.05, 0.1) is 11.1 Å². The van der Waals surface area contributed by atoms with Crippen LogP contribution < -0.4 is 5.32 Å². The number of carboxylic acid groups (broad SMARTS) is 1. The quantitative estimate of drug-likeness (QED) is 0.838. The topological polar surface area (TPSA) is 49.3 Å². The molecule has 0 bridgehead atoms. The molecule has 1 atom stereocenters. The van der Waals surface area contributed by atoms with Crippen LogP contribution in [0.4, 0.5) is 26.3 Å². The standard InChI is InChI=1S/C12H11F6NO2/c1-6(10(20)21)19-5-7-2-8(11(13,14)15)4-9(3-7)12(16,17)18/h2-4,6,19H,5H2,1H3,(H,20,21). The van der Waals surface area contributed by atoms with Crippen LogP contribution >= 0.6 is 0 Å². The summed E-state index contributed by atoms with van der Waals surface area (Å²) in [6, 6.07) is 0.0199. The van der Waals surface area contributed by atoms with Crippen molar-refractivity contribution in [2.45, 2.75) is 31.9 Å². The van der Waals surface area contributed by atoms with E-state index in [1.165, 1.54) is 6.92 Å². The van der Waals surface area contributed by atoms with Gasteiger partial charge in [-0.3, -0.25) is 4.79 Å².